The summed E-state index contributed by atoms with van der Waals surface area (Å²) in [5.41, 5.74) is 3.49. The molecule has 6 heteroatoms. The number of hydrogen-bond donors (Lipinski definition) is 0. The zero-order valence-electron chi connectivity index (χ0n) is 17.8. The summed E-state index contributed by atoms with van der Waals surface area (Å²) in [5, 5.41) is 1.20. The Bertz CT molecular complexity index is 865. The van der Waals surface area contributed by atoms with E-state index in [1.165, 1.54) is 16.6 Å². The molecule has 156 valence electrons. The Morgan fingerprint density at radius 2 is 2.03 bits per heavy atom. The maximum atomic E-state index is 12.9. The normalized spacial score (nSPS) is 23.3. The Hall–Kier alpha value is -2.18. The maximum absolute atomic E-state index is 12.9. The van der Waals surface area contributed by atoms with Gasteiger partial charge in [-0.15, -0.1) is 0 Å². The molecular formula is C23H32N4O2. The van der Waals surface area contributed by atoms with Crippen molar-refractivity contribution in [3.05, 3.63) is 36.0 Å². The number of pyridine rings is 1. The predicted molar refractivity (Wildman–Crippen MR) is 116 cm³/mol. The number of nitrogens with zero attached hydrogens (tertiary/aromatic N) is 4. The second kappa shape index (κ2) is 8.67. The molecule has 2 aromatic rings. The molecule has 2 fully saturated rings. The summed E-state index contributed by atoms with van der Waals surface area (Å²) in [4.78, 5) is 24.2. The van der Waals surface area contributed by atoms with Crippen LogP contribution in [-0.2, 0) is 9.53 Å². The summed E-state index contributed by atoms with van der Waals surface area (Å²) < 4.78 is 5.40. The molecule has 1 amide bonds. The van der Waals surface area contributed by atoms with Gasteiger partial charge in [-0.2, -0.15) is 0 Å². The van der Waals surface area contributed by atoms with Crippen LogP contribution in [0.5, 0.6) is 0 Å². The molecule has 0 unspecified atom stereocenters. The van der Waals surface area contributed by atoms with Crippen LogP contribution in [0.25, 0.3) is 10.9 Å². The van der Waals surface area contributed by atoms with E-state index >= 15 is 0 Å². The predicted octanol–water partition coefficient (Wildman–Crippen LogP) is 2.55. The molecule has 2 atom stereocenters. The van der Waals surface area contributed by atoms with E-state index < -0.39 is 0 Å². The summed E-state index contributed by atoms with van der Waals surface area (Å²) in [6.07, 6.45) is 2.91. The molecule has 0 spiro atoms. The van der Waals surface area contributed by atoms with Gasteiger partial charge in [0.25, 0.3) is 0 Å². The molecule has 6 nitrogen and oxygen atoms in total. The Labute approximate surface area is 173 Å². The first-order valence-electron chi connectivity index (χ1n) is 10.7. The highest BCUT2D eigenvalue weighted by atomic mass is 16.5. The Morgan fingerprint density at radius 3 is 2.83 bits per heavy atom. The van der Waals surface area contributed by atoms with E-state index in [1.54, 1.807) is 0 Å². The van der Waals surface area contributed by atoms with Crippen LogP contribution in [0.2, 0.25) is 0 Å². The number of carbonyl (C=O) groups is 1. The van der Waals surface area contributed by atoms with Gasteiger partial charge in [-0.05, 0) is 43.0 Å². The highest BCUT2D eigenvalue weighted by Gasteiger charge is 2.31. The van der Waals surface area contributed by atoms with E-state index in [-0.39, 0.29) is 11.9 Å². The monoisotopic (exact) mass is 396 g/mol. The van der Waals surface area contributed by atoms with Crippen molar-refractivity contribution in [2.75, 3.05) is 57.9 Å². The van der Waals surface area contributed by atoms with Gasteiger partial charge in [0.1, 0.15) is 0 Å². The van der Waals surface area contributed by atoms with Crippen molar-refractivity contribution in [2.45, 2.75) is 26.3 Å². The second-order valence-electron chi connectivity index (χ2n) is 8.59. The van der Waals surface area contributed by atoms with Crippen LogP contribution in [0.1, 0.15) is 18.9 Å². The number of amides is 1. The number of carbonyl (C=O) groups excluding carboxylic acids is 1. The van der Waals surface area contributed by atoms with Gasteiger partial charge in [0.05, 0.1) is 25.3 Å². The lowest BCUT2D eigenvalue weighted by atomic mass is 9.93. The molecule has 2 aliphatic heterocycles. The van der Waals surface area contributed by atoms with Crippen molar-refractivity contribution < 1.29 is 9.53 Å². The number of fused-ring (bicyclic) bond motifs is 1. The fraction of sp³-hybridized carbons (Fsp3) is 0.565. The van der Waals surface area contributed by atoms with Crippen molar-refractivity contribution >= 4 is 22.5 Å². The number of aromatic nitrogens is 1. The van der Waals surface area contributed by atoms with Gasteiger partial charge in [-0.1, -0.05) is 13.0 Å². The maximum Gasteiger partial charge on any atom is 0.236 e. The number of ether oxygens (including phenoxy) is 1. The average Bonchev–Trinajstić information content (AvgIpc) is 2.74. The Kier molecular flexibility index (Phi) is 6.01. The van der Waals surface area contributed by atoms with Crippen molar-refractivity contribution in [1.82, 2.24) is 14.8 Å². The lowest BCUT2D eigenvalue weighted by Crippen LogP contribution is -2.53. The van der Waals surface area contributed by atoms with E-state index in [4.69, 9.17) is 4.74 Å². The number of aryl methyl sites for hydroxylation is 1. The van der Waals surface area contributed by atoms with Crippen molar-refractivity contribution in [1.29, 1.82) is 0 Å². The highest BCUT2D eigenvalue weighted by Crippen LogP contribution is 2.32. The summed E-state index contributed by atoms with van der Waals surface area (Å²) in [5.74, 6) is 0.738. The zero-order valence-corrected chi connectivity index (χ0v) is 17.8. The van der Waals surface area contributed by atoms with Gasteiger partial charge in [-0.25, -0.2) is 0 Å². The fourth-order valence-electron chi connectivity index (χ4n) is 4.64. The van der Waals surface area contributed by atoms with Crippen molar-refractivity contribution in [2.24, 2.45) is 5.92 Å². The summed E-state index contributed by atoms with van der Waals surface area (Å²) in [6.45, 7) is 9.89. The molecule has 3 heterocycles. The number of morpholine rings is 1. The molecule has 2 aliphatic rings. The third-order valence-corrected chi connectivity index (χ3v) is 6.33. The minimum absolute atomic E-state index is 0.210. The van der Waals surface area contributed by atoms with Crippen LogP contribution in [0.4, 0.5) is 5.69 Å². The van der Waals surface area contributed by atoms with Crippen LogP contribution in [0.15, 0.2) is 30.5 Å². The summed E-state index contributed by atoms with van der Waals surface area (Å²) >= 11 is 0. The lowest BCUT2D eigenvalue weighted by molar-refractivity contribution is -0.134. The van der Waals surface area contributed by atoms with E-state index in [9.17, 15) is 4.79 Å². The first kappa shape index (κ1) is 20.1. The summed E-state index contributed by atoms with van der Waals surface area (Å²) in [6, 6.07) is 8.76. The molecule has 0 saturated carbocycles. The van der Waals surface area contributed by atoms with Gasteiger partial charge in [0, 0.05) is 56.5 Å². The third-order valence-electron chi connectivity index (χ3n) is 6.33. The quantitative estimate of drug-likeness (QED) is 0.795. The largest absolute Gasteiger partial charge is 0.379 e. The van der Waals surface area contributed by atoms with E-state index in [0.29, 0.717) is 12.5 Å². The van der Waals surface area contributed by atoms with Crippen LogP contribution >= 0.6 is 0 Å². The molecule has 0 bridgehead atoms. The van der Waals surface area contributed by atoms with Crippen molar-refractivity contribution in [3.63, 3.8) is 0 Å². The molecule has 29 heavy (non-hydrogen) atoms. The lowest BCUT2D eigenvalue weighted by Gasteiger charge is -2.42. The second-order valence-corrected chi connectivity index (χ2v) is 8.59. The van der Waals surface area contributed by atoms with Crippen LogP contribution in [0.3, 0.4) is 0 Å². The van der Waals surface area contributed by atoms with Gasteiger partial charge >= 0.3 is 0 Å². The Balaban J connectivity index is 1.51. The number of piperidine rings is 1. The van der Waals surface area contributed by atoms with Crippen LogP contribution < -0.4 is 4.90 Å². The Morgan fingerprint density at radius 1 is 1.24 bits per heavy atom. The average molecular weight is 397 g/mol. The minimum atomic E-state index is 0.210. The number of likely N-dealkylation sites (N-methyl/N-ethyl adjacent to an activating group) is 1. The first-order valence-corrected chi connectivity index (χ1v) is 10.7. The van der Waals surface area contributed by atoms with Crippen LogP contribution in [-0.4, -0.2) is 79.7 Å². The SMILES string of the molecule is Cc1ccc(N2C[C@@H](C)C[C@@H](N(C)C(=O)CN3CCOCC3)C2)c2cccnc12. The van der Waals surface area contributed by atoms with Gasteiger partial charge < -0.3 is 14.5 Å². The fourth-order valence-corrected chi connectivity index (χ4v) is 4.64. The number of benzene rings is 1. The molecular weight excluding hydrogens is 364 g/mol. The topological polar surface area (TPSA) is 48.9 Å². The smallest absolute Gasteiger partial charge is 0.236 e. The molecule has 4 rings (SSSR count). The first-order chi connectivity index (χ1) is 14.0. The molecule has 1 aromatic carbocycles. The molecule has 2 saturated heterocycles. The standard InChI is InChI=1S/C23H32N4O2/c1-17-13-19(25(3)22(28)16-26-9-11-29-12-10-26)15-27(14-17)21-7-6-18(2)23-20(21)5-4-8-24-23/h4-8,17,19H,9-16H2,1-3H3/t17-,19+/m0/s1. The minimum Gasteiger partial charge on any atom is -0.379 e. The van der Waals surface area contributed by atoms with Crippen LogP contribution in [0, 0.1) is 12.8 Å². The number of rotatable bonds is 4. The van der Waals surface area contributed by atoms with E-state index in [0.717, 1.165) is 51.3 Å². The van der Waals surface area contributed by atoms with E-state index in [2.05, 4.69) is 46.8 Å². The van der Waals surface area contributed by atoms with Crippen molar-refractivity contribution in [3.8, 4) is 0 Å². The molecule has 1 aromatic heterocycles. The zero-order chi connectivity index (χ0) is 20.4. The highest BCUT2D eigenvalue weighted by molar-refractivity contribution is 5.93. The van der Waals surface area contributed by atoms with E-state index in [1.807, 2.05) is 24.2 Å². The van der Waals surface area contributed by atoms with Gasteiger partial charge in [0.15, 0.2) is 0 Å². The number of hydrogen-bond acceptors (Lipinski definition) is 5. The number of anilines is 1. The van der Waals surface area contributed by atoms with Gasteiger partial charge in [0.2, 0.25) is 5.91 Å². The molecule has 0 N–H and O–H groups in total. The summed E-state index contributed by atoms with van der Waals surface area (Å²) in [7, 11) is 1.97. The molecule has 0 radical (unpaired) electrons. The molecule has 0 aliphatic carbocycles. The van der Waals surface area contributed by atoms with Gasteiger partial charge in [-0.3, -0.25) is 14.7 Å². The third kappa shape index (κ3) is 4.38.